The van der Waals surface area contributed by atoms with Crippen molar-refractivity contribution in [3.05, 3.63) is 53.3 Å². The first-order valence-electron chi connectivity index (χ1n) is 8.94. The van der Waals surface area contributed by atoms with Crippen molar-refractivity contribution in [3.8, 4) is 11.3 Å². The van der Waals surface area contributed by atoms with Gasteiger partial charge in [-0.05, 0) is 26.8 Å². The van der Waals surface area contributed by atoms with Gasteiger partial charge in [-0.15, -0.1) is 0 Å². The molecule has 5 heteroatoms. The van der Waals surface area contributed by atoms with Crippen LogP contribution in [0.1, 0.15) is 56.4 Å². The number of rotatable bonds is 3. The Morgan fingerprint density at radius 3 is 2.35 bits per heavy atom. The molecular weight excluding hydrogens is 324 g/mol. The normalized spacial score (nSPS) is 12.0. The number of nitrogens with one attached hydrogen (secondary N) is 1. The van der Waals surface area contributed by atoms with Gasteiger partial charge in [-0.3, -0.25) is 4.79 Å². The quantitative estimate of drug-likeness (QED) is 0.772. The molecule has 0 aliphatic rings. The highest BCUT2D eigenvalue weighted by Crippen LogP contribution is 2.25. The summed E-state index contributed by atoms with van der Waals surface area (Å²) in [6, 6.07) is 12.0. The lowest BCUT2D eigenvalue weighted by molar-refractivity contribution is 0.0935. The molecule has 0 fully saturated rings. The van der Waals surface area contributed by atoms with Crippen LogP contribution in [0.5, 0.6) is 0 Å². The summed E-state index contributed by atoms with van der Waals surface area (Å²) in [7, 11) is 0. The fourth-order valence-electron chi connectivity index (χ4n) is 2.71. The van der Waals surface area contributed by atoms with Crippen molar-refractivity contribution < 1.29 is 4.79 Å². The van der Waals surface area contributed by atoms with Crippen molar-refractivity contribution in [2.45, 2.75) is 53.0 Å². The fourth-order valence-corrected chi connectivity index (χ4v) is 2.71. The van der Waals surface area contributed by atoms with Crippen LogP contribution in [0.4, 0.5) is 0 Å². The van der Waals surface area contributed by atoms with Gasteiger partial charge >= 0.3 is 0 Å². The second-order valence-electron chi connectivity index (χ2n) is 8.07. The second kappa shape index (κ2) is 6.56. The molecule has 0 aliphatic carbocycles. The molecule has 1 N–H and O–H groups in total. The summed E-state index contributed by atoms with van der Waals surface area (Å²) in [5.74, 6) is -0.149. The number of aryl methyl sites for hydroxylation is 1. The molecular formula is C21H26N4O. The van der Waals surface area contributed by atoms with E-state index in [1.165, 1.54) is 5.56 Å². The standard InChI is InChI=1S/C21H26N4O/c1-13(2)22-20(26)17-11-16(15-9-7-14(3)8-10-15)23-19-12-18(21(4,5)6)24-25(17)19/h7-13H,1-6H3,(H,22,26). The summed E-state index contributed by atoms with van der Waals surface area (Å²) in [5.41, 5.74) is 4.90. The van der Waals surface area contributed by atoms with Crippen molar-refractivity contribution >= 4 is 11.6 Å². The zero-order valence-electron chi connectivity index (χ0n) is 16.3. The Hall–Kier alpha value is -2.69. The fraction of sp³-hybridized carbons (Fsp3) is 0.381. The Bertz CT molecular complexity index is 947. The van der Waals surface area contributed by atoms with Gasteiger partial charge in [-0.1, -0.05) is 50.6 Å². The van der Waals surface area contributed by atoms with E-state index in [2.05, 4.69) is 38.1 Å². The highest BCUT2D eigenvalue weighted by molar-refractivity contribution is 5.94. The van der Waals surface area contributed by atoms with Crippen LogP contribution < -0.4 is 5.32 Å². The van der Waals surface area contributed by atoms with Crippen LogP contribution >= 0.6 is 0 Å². The number of carbonyl (C=O) groups excluding carboxylic acids is 1. The van der Waals surface area contributed by atoms with E-state index >= 15 is 0 Å². The molecule has 1 amide bonds. The number of amides is 1. The SMILES string of the molecule is Cc1ccc(-c2cc(C(=O)NC(C)C)n3nc(C(C)(C)C)cc3n2)cc1. The maximum absolute atomic E-state index is 12.8. The molecule has 5 nitrogen and oxygen atoms in total. The van der Waals surface area contributed by atoms with Crippen LogP contribution in [0.3, 0.4) is 0 Å². The first-order valence-corrected chi connectivity index (χ1v) is 8.94. The second-order valence-corrected chi connectivity index (χ2v) is 8.07. The lowest BCUT2D eigenvalue weighted by Gasteiger charge is -2.14. The Labute approximate surface area is 154 Å². The van der Waals surface area contributed by atoms with E-state index < -0.39 is 0 Å². The van der Waals surface area contributed by atoms with Crippen molar-refractivity contribution in [2.24, 2.45) is 0 Å². The van der Waals surface area contributed by atoms with E-state index in [4.69, 9.17) is 4.98 Å². The summed E-state index contributed by atoms with van der Waals surface area (Å²) in [6.07, 6.45) is 0. The third kappa shape index (κ3) is 3.62. The third-order valence-electron chi connectivity index (χ3n) is 4.20. The zero-order chi connectivity index (χ0) is 19.1. The lowest BCUT2D eigenvalue weighted by atomic mass is 9.93. The first kappa shape index (κ1) is 18.1. The summed E-state index contributed by atoms with van der Waals surface area (Å²) >= 11 is 0. The number of aromatic nitrogens is 3. The molecule has 3 aromatic rings. The molecule has 0 radical (unpaired) electrons. The molecule has 0 spiro atoms. The van der Waals surface area contributed by atoms with Crippen LogP contribution in [-0.2, 0) is 5.41 Å². The number of carbonyl (C=O) groups is 1. The summed E-state index contributed by atoms with van der Waals surface area (Å²) < 4.78 is 1.65. The van der Waals surface area contributed by atoms with Crippen LogP contribution in [0.2, 0.25) is 0 Å². The molecule has 2 heterocycles. The third-order valence-corrected chi connectivity index (χ3v) is 4.20. The molecule has 0 unspecified atom stereocenters. The van der Waals surface area contributed by atoms with Crippen LogP contribution in [-0.4, -0.2) is 26.5 Å². The molecule has 2 aromatic heterocycles. The van der Waals surface area contributed by atoms with Crippen LogP contribution in [0, 0.1) is 6.92 Å². The maximum atomic E-state index is 12.8. The molecule has 1 aromatic carbocycles. The minimum Gasteiger partial charge on any atom is -0.349 e. The van der Waals surface area contributed by atoms with Crippen LogP contribution in [0.25, 0.3) is 16.9 Å². The van der Waals surface area contributed by atoms with Crippen molar-refractivity contribution in [2.75, 3.05) is 0 Å². The molecule has 0 atom stereocenters. The van der Waals surface area contributed by atoms with Gasteiger partial charge < -0.3 is 5.32 Å². The van der Waals surface area contributed by atoms with E-state index in [9.17, 15) is 4.79 Å². The van der Waals surface area contributed by atoms with Gasteiger partial charge in [0.15, 0.2) is 5.65 Å². The molecule has 0 saturated heterocycles. The smallest absolute Gasteiger partial charge is 0.270 e. The Morgan fingerprint density at radius 2 is 1.77 bits per heavy atom. The number of fused-ring (bicyclic) bond motifs is 1. The largest absolute Gasteiger partial charge is 0.349 e. The Balaban J connectivity index is 2.21. The number of benzene rings is 1. The van der Waals surface area contributed by atoms with Crippen molar-refractivity contribution in [1.29, 1.82) is 0 Å². The summed E-state index contributed by atoms with van der Waals surface area (Å²) in [4.78, 5) is 17.5. The predicted molar refractivity (Wildman–Crippen MR) is 104 cm³/mol. The van der Waals surface area contributed by atoms with Gasteiger partial charge in [0.05, 0.1) is 11.4 Å². The van der Waals surface area contributed by atoms with Gasteiger partial charge in [-0.2, -0.15) is 5.10 Å². The van der Waals surface area contributed by atoms with Gasteiger partial charge in [-0.25, -0.2) is 9.50 Å². The van der Waals surface area contributed by atoms with E-state index in [-0.39, 0.29) is 17.4 Å². The number of nitrogens with zero attached hydrogens (tertiary/aromatic N) is 3. The molecule has 0 saturated carbocycles. The maximum Gasteiger partial charge on any atom is 0.270 e. The highest BCUT2D eigenvalue weighted by atomic mass is 16.2. The summed E-state index contributed by atoms with van der Waals surface area (Å²) in [6.45, 7) is 12.2. The summed E-state index contributed by atoms with van der Waals surface area (Å²) in [5, 5.41) is 7.61. The number of hydrogen-bond donors (Lipinski definition) is 1. The van der Waals surface area contributed by atoms with E-state index in [1.54, 1.807) is 4.52 Å². The highest BCUT2D eigenvalue weighted by Gasteiger charge is 2.22. The predicted octanol–water partition coefficient (Wildman–Crippen LogP) is 4.14. The van der Waals surface area contributed by atoms with Crippen molar-refractivity contribution in [1.82, 2.24) is 19.9 Å². The topological polar surface area (TPSA) is 59.3 Å². The van der Waals surface area contributed by atoms with Gasteiger partial charge in [0.2, 0.25) is 0 Å². The van der Waals surface area contributed by atoms with Gasteiger partial charge in [0, 0.05) is 23.1 Å². The molecule has 3 rings (SSSR count). The average molecular weight is 350 g/mol. The van der Waals surface area contributed by atoms with Gasteiger partial charge in [0.1, 0.15) is 5.69 Å². The van der Waals surface area contributed by atoms with E-state index in [0.717, 1.165) is 17.0 Å². The molecule has 26 heavy (non-hydrogen) atoms. The van der Waals surface area contributed by atoms with Gasteiger partial charge in [0.25, 0.3) is 5.91 Å². The zero-order valence-corrected chi connectivity index (χ0v) is 16.3. The average Bonchev–Trinajstić information content (AvgIpc) is 2.98. The Kier molecular flexibility index (Phi) is 4.57. The van der Waals surface area contributed by atoms with E-state index in [1.807, 2.05) is 50.2 Å². The minimum absolute atomic E-state index is 0.0474. The minimum atomic E-state index is -0.149. The van der Waals surface area contributed by atoms with Crippen LogP contribution in [0.15, 0.2) is 36.4 Å². The molecule has 0 aliphatic heterocycles. The van der Waals surface area contributed by atoms with E-state index in [0.29, 0.717) is 11.3 Å². The lowest BCUT2D eigenvalue weighted by Crippen LogP contribution is -2.32. The Morgan fingerprint density at radius 1 is 1.12 bits per heavy atom. The van der Waals surface area contributed by atoms with Crippen molar-refractivity contribution in [3.63, 3.8) is 0 Å². The first-order chi connectivity index (χ1) is 12.1. The molecule has 0 bridgehead atoms. The molecule has 136 valence electrons. The monoisotopic (exact) mass is 350 g/mol. The number of hydrogen-bond acceptors (Lipinski definition) is 3.